The van der Waals surface area contributed by atoms with Crippen molar-refractivity contribution in [2.24, 2.45) is 5.73 Å². The summed E-state index contributed by atoms with van der Waals surface area (Å²) in [5, 5.41) is 10.9. The molecule has 0 aliphatic carbocycles. The third-order valence-electron chi connectivity index (χ3n) is 4.27. The molecule has 1 unspecified atom stereocenters. The minimum atomic E-state index is -3.14. The van der Waals surface area contributed by atoms with Crippen LogP contribution in [-0.4, -0.2) is 35.0 Å². The first kappa shape index (κ1) is 23.4. The Balaban J connectivity index is 2.10. The minimum absolute atomic E-state index is 0.0827. The number of hydroxylamine groups is 1. The lowest BCUT2D eigenvalue weighted by atomic mass is 9.92. The molecule has 0 fully saturated rings. The molecule has 0 radical (unpaired) electrons. The molecule has 2 rings (SSSR count). The lowest BCUT2D eigenvalue weighted by Crippen LogP contribution is -2.66. The van der Waals surface area contributed by atoms with Crippen LogP contribution in [0.2, 0.25) is 0 Å². The molecule has 7 N–H and O–H groups in total. The number of alkyl halides is 2. The number of hydrogen-bond donors (Lipinski definition) is 5. The Labute approximate surface area is 177 Å². The van der Waals surface area contributed by atoms with Gasteiger partial charge in [-0.3, -0.25) is 14.8 Å². The number of benzene rings is 2. The zero-order valence-electron chi connectivity index (χ0n) is 16.4. The maximum absolute atomic E-state index is 13.2. The van der Waals surface area contributed by atoms with Crippen LogP contribution in [0.3, 0.4) is 0 Å². The van der Waals surface area contributed by atoms with Crippen LogP contribution < -0.4 is 22.3 Å². The number of nitrogens with one attached hydrogen (secondary N) is 2. The minimum Gasteiger partial charge on any atom is -0.399 e. The second-order valence-corrected chi connectivity index (χ2v) is 6.75. The van der Waals surface area contributed by atoms with Crippen molar-refractivity contribution in [3.05, 3.63) is 65.2 Å². The Morgan fingerprint density at radius 2 is 1.48 bits per heavy atom. The van der Waals surface area contributed by atoms with Gasteiger partial charge in [0.25, 0.3) is 18.2 Å². The summed E-state index contributed by atoms with van der Waals surface area (Å²) in [6.45, 7) is 0.891. The SMILES string of the molecule is CC(N)(C(F)F)[C@H](NC(=O)c1ccc(C#CC#Cc2ccc(N)cc2)cc1)C(=O)NO. The number of carbonyl (C=O) groups excluding carboxylic acids is 2. The van der Waals surface area contributed by atoms with Gasteiger partial charge >= 0.3 is 0 Å². The number of nitrogens with two attached hydrogens (primary N) is 2. The second-order valence-electron chi connectivity index (χ2n) is 6.75. The molecule has 0 saturated heterocycles. The van der Waals surface area contributed by atoms with Crippen molar-refractivity contribution >= 4 is 17.5 Å². The van der Waals surface area contributed by atoms with Gasteiger partial charge in [-0.15, -0.1) is 0 Å². The van der Waals surface area contributed by atoms with Gasteiger partial charge in [0.1, 0.15) is 11.6 Å². The quantitative estimate of drug-likeness (QED) is 0.213. The number of hydrogen-bond acceptors (Lipinski definition) is 5. The van der Waals surface area contributed by atoms with E-state index in [1.54, 1.807) is 24.3 Å². The molecule has 2 aromatic rings. The van der Waals surface area contributed by atoms with Gasteiger partial charge in [0.15, 0.2) is 0 Å². The molecule has 0 spiro atoms. The molecule has 7 nitrogen and oxygen atoms in total. The molecular formula is C22H20F2N4O3. The summed E-state index contributed by atoms with van der Waals surface area (Å²) in [6.07, 6.45) is -3.14. The zero-order chi connectivity index (χ0) is 23.0. The molecule has 2 atom stereocenters. The van der Waals surface area contributed by atoms with E-state index in [-0.39, 0.29) is 5.56 Å². The molecule has 2 aromatic carbocycles. The summed E-state index contributed by atoms with van der Waals surface area (Å²) < 4.78 is 26.3. The predicted octanol–water partition coefficient (Wildman–Crippen LogP) is 1.26. The van der Waals surface area contributed by atoms with E-state index in [0.717, 1.165) is 12.5 Å². The van der Waals surface area contributed by atoms with E-state index < -0.39 is 29.8 Å². The molecule has 0 heterocycles. The van der Waals surface area contributed by atoms with Gasteiger partial charge in [-0.25, -0.2) is 14.3 Å². The van der Waals surface area contributed by atoms with Crippen molar-refractivity contribution < 1.29 is 23.6 Å². The average Bonchev–Trinajstić information content (AvgIpc) is 2.75. The maximum Gasteiger partial charge on any atom is 0.268 e. The van der Waals surface area contributed by atoms with Crippen LogP contribution in [0.4, 0.5) is 14.5 Å². The third kappa shape index (κ3) is 6.28. The predicted molar refractivity (Wildman–Crippen MR) is 111 cm³/mol. The van der Waals surface area contributed by atoms with Gasteiger partial charge in [0, 0.05) is 22.4 Å². The lowest BCUT2D eigenvalue weighted by molar-refractivity contribution is -0.134. The van der Waals surface area contributed by atoms with Gasteiger partial charge in [-0.1, -0.05) is 11.8 Å². The number of amides is 2. The molecule has 0 saturated carbocycles. The van der Waals surface area contributed by atoms with E-state index >= 15 is 0 Å². The summed E-state index contributed by atoms with van der Waals surface area (Å²) in [6, 6.07) is 11.0. The number of nitrogen functional groups attached to an aromatic ring is 1. The monoisotopic (exact) mass is 426 g/mol. The largest absolute Gasteiger partial charge is 0.399 e. The first-order valence-corrected chi connectivity index (χ1v) is 8.94. The summed E-state index contributed by atoms with van der Waals surface area (Å²) in [7, 11) is 0. The van der Waals surface area contributed by atoms with Crippen LogP contribution >= 0.6 is 0 Å². The number of anilines is 1. The van der Waals surface area contributed by atoms with Gasteiger partial charge in [-0.05, 0) is 67.3 Å². The first-order valence-electron chi connectivity index (χ1n) is 8.94. The molecule has 0 aliphatic heterocycles. The van der Waals surface area contributed by atoms with E-state index in [4.69, 9.17) is 16.7 Å². The molecule has 31 heavy (non-hydrogen) atoms. The van der Waals surface area contributed by atoms with Gasteiger partial charge in [0.05, 0.1) is 0 Å². The van der Waals surface area contributed by atoms with Crippen LogP contribution in [0.15, 0.2) is 48.5 Å². The Morgan fingerprint density at radius 1 is 1.00 bits per heavy atom. The first-order chi connectivity index (χ1) is 14.6. The van der Waals surface area contributed by atoms with Crippen molar-refractivity contribution in [1.29, 1.82) is 0 Å². The molecule has 160 valence electrons. The number of rotatable bonds is 5. The summed E-state index contributed by atoms with van der Waals surface area (Å²) in [5.74, 6) is 8.94. The summed E-state index contributed by atoms with van der Waals surface area (Å²) in [5.41, 5.74) is 11.9. The topological polar surface area (TPSA) is 130 Å². The Hall–Kier alpha value is -3.92. The molecule has 0 aromatic heterocycles. The Kier molecular flexibility index (Phi) is 7.70. The summed E-state index contributed by atoms with van der Waals surface area (Å²) in [4.78, 5) is 24.1. The number of halogens is 2. The van der Waals surface area contributed by atoms with E-state index in [0.29, 0.717) is 11.3 Å². The van der Waals surface area contributed by atoms with E-state index in [1.165, 1.54) is 29.7 Å². The fourth-order valence-electron chi connectivity index (χ4n) is 2.39. The highest BCUT2D eigenvalue weighted by molar-refractivity contribution is 5.98. The standard InChI is InChI=1S/C22H20F2N4O3/c1-22(26,21(23)24)18(20(30)28-31)27-19(29)16-10-6-14(7-11-16)4-2-3-5-15-8-12-17(25)13-9-15/h6-13,18,21,31H,25-26H2,1H3,(H,27,29)(H,28,30)/t18-,22?/m1/s1. The van der Waals surface area contributed by atoms with E-state index in [2.05, 4.69) is 29.0 Å². The molecule has 9 heteroatoms. The lowest BCUT2D eigenvalue weighted by Gasteiger charge is -2.32. The van der Waals surface area contributed by atoms with Crippen LogP contribution in [0.5, 0.6) is 0 Å². The Morgan fingerprint density at radius 3 is 1.94 bits per heavy atom. The van der Waals surface area contributed by atoms with Crippen molar-refractivity contribution in [1.82, 2.24) is 10.8 Å². The molecule has 0 aliphatic rings. The van der Waals surface area contributed by atoms with Crippen molar-refractivity contribution in [2.75, 3.05) is 5.73 Å². The van der Waals surface area contributed by atoms with Gasteiger partial charge < -0.3 is 16.8 Å². The van der Waals surface area contributed by atoms with Crippen LogP contribution in [-0.2, 0) is 4.79 Å². The zero-order valence-corrected chi connectivity index (χ0v) is 16.4. The maximum atomic E-state index is 13.2. The van der Waals surface area contributed by atoms with Crippen molar-refractivity contribution in [3.63, 3.8) is 0 Å². The molecule has 2 amide bonds. The molecular weight excluding hydrogens is 406 g/mol. The fourth-order valence-corrected chi connectivity index (χ4v) is 2.39. The van der Waals surface area contributed by atoms with Gasteiger partial charge in [0.2, 0.25) is 0 Å². The fraction of sp³-hybridized carbons (Fsp3) is 0.182. The van der Waals surface area contributed by atoms with Crippen LogP contribution in [0.25, 0.3) is 0 Å². The van der Waals surface area contributed by atoms with E-state index in [1.807, 2.05) is 0 Å². The van der Waals surface area contributed by atoms with Crippen molar-refractivity contribution in [3.8, 4) is 23.7 Å². The second kappa shape index (κ2) is 10.2. The highest BCUT2D eigenvalue weighted by Gasteiger charge is 2.44. The van der Waals surface area contributed by atoms with Gasteiger partial charge in [-0.2, -0.15) is 0 Å². The van der Waals surface area contributed by atoms with Crippen LogP contribution in [0.1, 0.15) is 28.4 Å². The van der Waals surface area contributed by atoms with E-state index in [9.17, 15) is 18.4 Å². The normalized spacial score (nSPS) is 13.0. The highest BCUT2D eigenvalue weighted by Crippen LogP contribution is 2.18. The smallest absolute Gasteiger partial charge is 0.268 e. The van der Waals surface area contributed by atoms with Crippen molar-refractivity contribution in [2.45, 2.75) is 24.9 Å². The van der Waals surface area contributed by atoms with Crippen LogP contribution in [0, 0.1) is 23.7 Å². The number of carbonyl (C=O) groups is 2. The summed E-state index contributed by atoms with van der Waals surface area (Å²) >= 11 is 0. The third-order valence-corrected chi connectivity index (χ3v) is 4.27. The highest BCUT2D eigenvalue weighted by atomic mass is 19.3. The Bertz CT molecular complexity index is 1060. The molecule has 0 bridgehead atoms. The average molecular weight is 426 g/mol.